The molecule has 2 aromatic carbocycles. The molecule has 6 nitrogen and oxygen atoms in total. The quantitative estimate of drug-likeness (QED) is 0.637. The monoisotopic (exact) mass is 383 g/mol. The minimum atomic E-state index is -0.387. The highest BCUT2D eigenvalue weighted by atomic mass is 16.5. The Kier molecular flexibility index (Phi) is 7.87. The van der Waals surface area contributed by atoms with Crippen molar-refractivity contribution in [1.29, 1.82) is 0 Å². The normalized spacial score (nSPS) is 10.3. The number of amides is 2. The van der Waals surface area contributed by atoms with Crippen LogP contribution in [-0.4, -0.2) is 31.5 Å². The molecular formula is C22H29N3O3. The molecule has 2 rings (SSSR count). The topological polar surface area (TPSA) is 70.7 Å². The second kappa shape index (κ2) is 10.3. The van der Waals surface area contributed by atoms with Crippen LogP contribution in [-0.2, 0) is 9.59 Å². The molecule has 2 aromatic rings. The number of carbonyl (C=O) groups is 2. The van der Waals surface area contributed by atoms with E-state index in [1.54, 1.807) is 18.2 Å². The van der Waals surface area contributed by atoms with Crippen molar-refractivity contribution in [1.82, 2.24) is 0 Å². The number of carbonyl (C=O) groups excluding carboxylic acids is 2. The van der Waals surface area contributed by atoms with Crippen molar-refractivity contribution >= 4 is 28.9 Å². The number of hydrogen-bond acceptors (Lipinski definition) is 4. The second-order valence-corrected chi connectivity index (χ2v) is 6.37. The Bertz CT molecular complexity index is 816. The van der Waals surface area contributed by atoms with E-state index in [2.05, 4.69) is 29.4 Å². The lowest BCUT2D eigenvalue weighted by Crippen LogP contribution is -2.23. The number of rotatable bonds is 9. The van der Waals surface area contributed by atoms with Gasteiger partial charge in [-0.2, -0.15) is 0 Å². The number of aryl methyl sites for hydroxylation is 1. The van der Waals surface area contributed by atoms with E-state index < -0.39 is 0 Å². The minimum absolute atomic E-state index is 0.266. The fourth-order valence-electron chi connectivity index (χ4n) is 2.96. The van der Waals surface area contributed by atoms with E-state index in [1.807, 2.05) is 38.1 Å². The van der Waals surface area contributed by atoms with Crippen molar-refractivity contribution in [2.75, 3.05) is 35.2 Å². The van der Waals surface area contributed by atoms with Crippen LogP contribution in [0.15, 0.2) is 42.5 Å². The fourth-order valence-corrected chi connectivity index (χ4v) is 2.96. The smallest absolute Gasteiger partial charge is 0.233 e. The van der Waals surface area contributed by atoms with Gasteiger partial charge in [-0.3, -0.25) is 9.59 Å². The van der Waals surface area contributed by atoms with Gasteiger partial charge in [0, 0.05) is 24.5 Å². The first-order valence-corrected chi connectivity index (χ1v) is 9.65. The molecule has 2 amide bonds. The van der Waals surface area contributed by atoms with E-state index in [0.29, 0.717) is 23.7 Å². The van der Waals surface area contributed by atoms with E-state index in [-0.39, 0.29) is 18.2 Å². The number of nitrogens with zero attached hydrogens (tertiary/aromatic N) is 1. The van der Waals surface area contributed by atoms with Gasteiger partial charge in [0.2, 0.25) is 11.8 Å². The Morgan fingerprint density at radius 1 is 0.929 bits per heavy atom. The first-order chi connectivity index (χ1) is 13.5. The van der Waals surface area contributed by atoms with Gasteiger partial charge >= 0.3 is 0 Å². The first-order valence-electron chi connectivity index (χ1n) is 9.65. The number of benzene rings is 2. The minimum Gasteiger partial charge on any atom is -0.492 e. The van der Waals surface area contributed by atoms with Crippen molar-refractivity contribution in [3.8, 4) is 5.75 Å². The number of ether oxygens (including phenoxy) is 1. The van der Waals surface area contributed by atoms with Crippen molar-refractivity contribution < 1.29 is 14.3 Å². The van der Waals surface area contributed by atoms with Crippen LogP contribution in [0.3, 0.4) is 0 Å². The molecule has 0 aliphatic rings. The number of hydrogen-bond donors (Lipinski definition) is 2. The molecule has 6 heteroatoms. The van der Waals surface area contributed by atoms with Gasteiger partial charge < -0.3 is 20.3 Å². The molecule has 0 aliphatic carbocycles. The van der Waals surface area contributed by atoms with Crippen molar-refractivity contribution in [3.05, 3.63) is 48.0 Å². The van der Waals surface area contributed by atoms with E-state index in [1.165, 1.54) is 0 Å². The summed E-state index contributed by atoms with van der Waals surface area (Å²) in [5.74, 6) is -0.159. The van der Waals surface area contributed by atoms with Gasteiger partial charge in [-0.1, -0.05) is 12.1 Å². The van der Waals surface area contributed by atoms with E-state index in [0.717, 1.165) is 24.3 Å². The molecule has 150 valence electrons. The van der Waals surface area contributed by atoms with Gasteiger partial charge in [0.15, 0.2) is 0 Å². The van der Waals surface area contributed by atoms with Crippen LogP contribution in [0.1, 0.15) is 32.8 Å². The van der Waals surface area contributed by atoms with Crippen LogP contribution >= 0.6 is 0 Å². The highest BCUT2D eigenvalue weighted by Crippen LogP contribution is 2.24. The number of para-hydroxylation sites is 2. The van der Waals surface area contributed by atoms with Crippen LogP contribution in [0, 0.1) is 6.92 Å². The molecule has 0 saturated heterocycles. The zero-order valence-electron chi connectivity index (χ0n) is 17.0. The van der Waals surface area contributed by atoms with Gasteiger partial charge in [0.1, 0.15) is 12.2 Å². The third kappa shape index (κ3) is 5.74. The Morgan fingerprint density at radius 3 is 2.18 bits per heavy atom. The molecule has 0 unspecified atom stereocenters. The van der Waals surface area contributed by atoms with E-state index in [4.69, 9.17) is 4.74 Å². The Hall–Kier alpha value is -3.02. The zero-order valence-corrected chi connectivity index (χ0v) is 17.0. The molecule has 0 bridgehead atoms. The molecule has 0 radical (unpaired) electrons. The standard InChI is InChI=1S/C22H29N3O3/c1-5-25(6-2)17-12-13-18(16(4)14-17)23-21(26)15-22(27)24-19-10-8-9-11-20(19)28-7-3/h8-14H,5-7,15H2,1-4H3,(H,23,26)(H,24,27). The summed E-state index contributed by atoms with van der Waals surface area (Å²) in [5.41, 5.74) is 3.34. The number of anilines is 3. The highest BCUT2D eigenvalue weighted by molar-refractivity contribution is 6.08. The Balaban J connectivity index is 1.97. The first kappa shape index (κ1) is 21.3. The van der Waals surface area contributed by atoms with Gasteiger partial charge in [0.05, 0.1) is 12.3 Å². The molecule has 0 fully saturated rings. The van der Waals surface area contributed by atoms with Crippen LogP contribution in [0.2, 0.25) is 0 Å². The largest absolute Gasteiger partial charge is 0.492 e. The van der Waals surface area contributed by atoms with Crippen molar-refractivity contribution in [2.45, 2.75) is 34.1 Å². The molecule has 0 aliphatic heterocycles. The summed E-state index contributed by atoms with van der Waals surface area (Å²) in [4.78, 5) is 26.8. The summed E-state index contributed by atoms with van der Waals surface area (Å²) >= 11 is 0. The van der Waals surface area contributed by atoms with Crippen LogP contribution < -0.4 is 20.3 Å². The predicted molar refractivity (Wildman–Crippen MR) is 114 cm³/mol. The summed E-state index contributed by atoms with van der Waals surface area (Å²) in [6.45, 7) is 10.4. The lowest BCUT2D eigenvalue weighted by Gasteiger charge is -2.22. The summed E-state index contributed by atoms with van der Waals surface area (Å²) in [6, 6.07) is 13.1. The van der Waals surface area contributed by atoms with Gasteiger partial charge in [0.25, 0.3) is 0 Å². The average Bonchev–Trinajstić information content (AvgIpc) is 2.66. The summed E-state index contributed by atoms with van der Waals surface area (Å²) in [5, 5.41) is 5.55. The predicted octanol–water partition coefficient (Wildman–Crippen LogP) is 4.21. The maximum Gasteiger partial charge on any atom is 0.233 e. The van der Waals surface area contributed by atoms with Gasteiger partial charge in [-0.05, 0) is 63.6 Å². The van der Waals surface area contributed by atoms with E-state index >= 15 is 0 Å². The Morgan fingerprint density at radius 2 is 1.57 bits per heavy atom. The molecule has 2 N–H and O–H groups in total. The third-order valence-electron chi connectivity index (χ3n) is 4.39. The maximum absolute atomic E-state index is 12.3. The third-order valence-corrected chi connectivity index (χ3v) is 4.39. The summed E-state index contributed by atoms with van der Waals surface area (Å²) in [7, 11) is 0. The molecule has 0 spiro atoms. The highest BCUT2D eigenvalue weighted by Gasteiger charge is 2.13. The average molecular weight is 383 g/mol. The Labute approximate surface area is 166 Å². The lowest BCUT2D eigenvalue weighted by atomic mass is 10.1. The van der Waals surface area contributed by atoms with Crippen LogP contribution in [0.25, 0.3) is 0 Å². The molecular weight excluding hydrogens is 354 g/mol. The SMILES string of the molecule is CCOc1ccccc1NC(=O)CC(=O)Nc1ccc(N(CC)CC)cc1C. The molecule has 0 heterocycles. The summed E-state index contributed by atoms with van der Waals surface area (Å²) < 4.78 is 5.48. The molecule has 28 heavy (non-hydrogen) atoms. The van der Waals surface area contributed by atoms with Gasteiger partial charge in [-0.15, -0.1) is 0 Å². The number of nitrogens with one attached hydrogen (secondary N) is 2. The lowest BCUT2D eigenvalue weighted by molar-refractivity contribution is -0.123. The second-order valence-electron chi connectivity index (χ2n) is 6.37. The molecule has 0 saturated carbocycles. The van der Waals surface area contributed by atoms with Crippen molar-refractivity contribution in [3.63, 3.8) is 0 Å². The van der Waals surface area contributed by atoms with Crippen LogP contribution in [0.5, 0.6) is 5.75 Å². The fraction of sp³-hybridized carbons (Fsp3) is 0.364. The van der Waals surface area contributed by atoms with Gasteiger partial charge in [-0.25, -0.2) is 0 Å². The van der Waals surface area contributed by atoms with E-state index in [9.17, 15) is 9.59 Å². The molecule has 0 aromatic heterocycles. The summed E-state index contributed by atoms with van der Waals surface area (Å²) in [6.07, 6.45) is -0.266. The molecule has 0 atom stereocenters. The maximum atomic E-state index is 12.3. The zero-order chi connectivity index (χ0) is 20.5. The van der Waals surface area contributed by atoms with Crippen LogP contribution in [0.4, 0.5) is 17.1 Å². The van der Waals surface area contributed by atoms with Crippen molar-refractivity contribution in [2.24, 2.45) is 0 Å².